The van der Waals surface area contributed by atoms with Gasteiger partial charge in [-0.25, -0.2) is 0 Å². The summed E-state index contributed by atoms with van der Waals surface area (Å²) in [5.74, 6) is 0. The molecule has 2 aromatic rings. The van der Waals surface area contributed by atoms with Gasteiger partial charge in [-0.05, 0) is 94.8 Å². The van der Waals surface area contributed by atoms with E-state index in [9.17, 15) is 4.55 Å². The van der Waals surface area contributed by atoms with E-state index in [4.69, 9.17) is 18.0 Å². The second kappa shape index (κ2) is 13.0. The van der Waals surface area contributed by atoms with Crippen LogP contribution in [0.1, 0.15) is 69.9 Å². The minimum absolute atomic E-state index is 0.377. The van der Waals surface area contributed by atoms with E-state index in [1.807, 2.05) is 32.6 Å². The summed E-state index contributed by atoms with van der Waals surface area (Å²) >= 11 is 4.90. The molecule has 0 spiro atoms. The molecule has 0 radical (unpaired) electrons. The number of rotatable bonds is 5. The second-order valence-corrected chi connectivity index (χ2v) is 19.9. The van der Waals surface area contributed by atoms with Gasteiger partial charge >= 0.3 is 0 Å². The van der Waals surface area contributed by atoms with Crippen LogP contribution >= 0.6 is 21.0 Å². The van der Waals surface area contributed by atoms with E-state index in [1.165, 1.54) is 55.3 Å². The van der Waals surface area contributed by atoms with Crippen molar-refractivity contribution in [1.82, 2.24) is 10.0 Å². The van der Waals surface area contributed by atoms with Crippen molar-refractivity contribution in [3.05, 3.63) is 59.7 Å². The summed E-state index contributed by atoms with van der Waals surface area (Å²) in [5, 5.41) is 3.56. The van der Waals surface area contributed by atoms with Gasteiger partial charge in [-0.1, -0.05) is 68.5 Å². The maximum atomic E-state index is 11.6. The zero-order valence-corrected chi connectivity index (χ0v) is 26.6. The van der Waals surface area contributed by atoms with Crippen LogP contribution in [0.15, 0.2) is 53.4 Å². The van der Waals surface area contributed by atoms with Gasteiger partial charge in [-0.2, -0.15) is 8.76 Å². The van der Waals surface area contributed by atoms with E-state index in [2.05, 4.69) is 77.3 Å². The van der Waals surface area contributed by atoms with Crippen molar-refractivity contribution < 1.29 is 4.55 Å². The van der Waals surface area contributed by atoms with Crippen molar-refractivity contribution in [3.8, 4) is 0 Å². The molecule has 1 saturated carbocycles. The fraction of sp³-hybridized carbons (Fsp3) is 0.581. The predicted octanol–water partition coefficient (Wildman–Crippen LogP) is 7.25. The van der Waals surface area contributed by atoms with Crippen molar-refractivity contribution in [2.45, 2.75) is 89.6 Å². The first-order valence-electron chi connectivity index (χ1n) is 14.3. The summed E-state index contributed by atoms with van der Waals surface area (Å²) in [4.78, 5) is 3.43. The van der Waals surface area contributed by atoms with Crippen molar-refractivity contribution in [2.75, 3.05) is 36.8 Å². The van der Waals surface area contributed by atoms with Gasteiger partial charge in [0.05, 0.1) is 0 Å². The van der Waals surface area contributed by atoms with Crippen molar-refractivity contribution in [3.63, 3.8) is 0 Å². The molecular weight excluding hydrogens is 509 g/mol. The number of hydrogen-bond acceptors (Lipinski definition) is 4. The van der Waals surface area contributed by atoms with E-state index in [0.717, 1.165) is 24.4 Å². The highest BCUT2D eigenvalue weighted by Crippen LogP contribution is 2.80. The molecule has 38 heavy (non-hydrogen) atoms. The molecule has 1 unspecified atom stereocenters. The lowest BCUT2D eigenvalue weighted by molar-refractivity contribution is 0.405. The van der Waals surface area contributed by atoms with Crippen molar-refractivity contribution in [1.29, 1.82) is 0 Å². The highest BCUT2D eigenvalue weighted by Gasteiger charge is 2.47. The number of anilines is 1. The molecule has 0 aromatic heterocycles. The Morgan fingerprint density at radius 1 is 0.842 bits per heavy atom. The monoisotopic (exact) mass is 562 g/mol. The number of piperidine rings is 1. The molecule has 2 fully saturated rings. The fourth-order valence-corrected chi connectivity index (χ4v) is 8.37. The highest BCUT2D eigenvalue weighted by molar-refractivity contribution is 8.57. The first-order chi connectivity index (χ1) is 17.7. The Bertz CT molecular complexity index is 1010. The number of nitrogens with two attached hydrogens (primary N) is 1. The number of nitrogens with one attached hydrogen (secondary N) is 2. The minimum Gasteiger partial charge on any atom is -0.376 e. The van der Waals surface area contributed by atoms with E-state index in [0.29, 0.717) is 17.2 Å². The van der Waals surface area contributed by atoms with Gasteiger partial charge in [-0.15, -0.1) is 0 Å². The molecule has 5 N–H and O–H groups in total. The third-order valence-electron chi connectivity index (χ3n) is 7.36. The van der Waals surface area contributed by atoms with Gasteiger partial charge in [0.15, 0.2) is 5.11 Å². The van der Waals surface area contributed by atoms with Crippen LogP contribution in [0.25, 0.3) is 0 Å². The largest absolute Gasteiger partial charge is 0.376 e. The Kier molecular flexibility index (Phi) is 11.1. The lowest BCUT2D eigenvalue weighted by Crippen LogP contribution is -2.51. The topological polar surface area (TPSA) is 73.5 Å². The quantitative estimate of drug-likeness (QED) is 0.288. The zero-order valence-electron chi connectivity index (χ0n) is 24.9. The van der Waals surface area contributed by atoms with Crippen LogP contribution in [0.3, 0.4) is 0 Å². The van der Waals surface area contributed by atoms with Crippen molar-refractivity contribution >= 4 is 31.8 Å². The first kappa shape index (κ1) is 32.4. The molecule has 1 aliphatic heterocycles. The van der Waals surface area contributed by atoms with Crippen LogP contribution in [0.4, 0.5) is 5.69 Å². The second-order valence-electron chi connectivity index (χ2n) is 12.2. The van der Waals surface area contributed by atoms with Crippen LogP contribution in [0.2, 0.25) is 0 Å². The maximum absolute atomic E-state index is 11.6. The van der Waals surface area contributed by atoms with E-state index < -0.39 is 8.76 Å². The van der Waals surface area contributed by atoms with Crippen LogP contribution in [0, 0.1) is 13.8 Å². The number of nitrogens with zero attached hydrogens (tertiary/aromatic N) is 1. The molecule has 1 aliphatic carbocycles. The third-order valence-corrected chi connectivity index (χ3v) is 10.9. The summed E-state index contributed by atoms with van der Waals surface area (Å²) in [6.07, 6.45) is 14.6. The first-order valence-corrected chi connectivity index (χ1v) is 18.3. The van der Waals surface area contributed by atoms with Gasteiger partial charge < -0.3 is 20.5 Å². The molecular formula is C31H54N4OS2. The number of hydrogen-bond donors (Lipinski definition) is 4. The Balaban J connectivity index is 0.000000252. The zero-order chi connectivity index (χ0) is 28.5. The highest BCUT2D eigenvalue weighted by atomic mass is 32.4. The molecule has 7 heteroatoms. The van der Waals surface area contributed by atoms with E-state index in [-0.39, 0.29) is 0 Å². The molecule has 1 heterocycles. The molecule has 2 aliphatic rings. The number of thiocarbonyl (C=S) groups is 1. The average Bonchev–Trinajstić information content (AvgIpc) is 2.86. The standard InChI is InChI=1S/C16H29NOS.C13H19N3S.C2H6/c1-14-10-12-16(13-11-14)19(2,3,4,18)17-15-8-6-5-7-9-15;1-10-4-6-12(7-5-10)16-8-2-3-11(9-16)15-13(14)17;1-2/h10-13,15,17-18H,5-9H2,1-4H3;4-7,11H,2-3,8-9H2,1H3,(H3,14,15,17);1-2H3. The number of benzene rings is 2. The minimum atomic E-state index is -3.36. The van der Waals surface area contributed by atoms with Gasteiger partial charge in [0.25, 0.3) is 0 Å². The summed E-state index contributed by atoms with van der Waals surface area (Å²) in [6.45, 7) is 10.3. The lowest BCUT2D eigenvalue weighted by atomic mass is 9.96. The molecule has 1 saturated heterocycles. The normalized spacial score (nSPS) is 20.0. The molecule has 0 amide bonds. The van der Waals surface area contributed by atoms with Crippen LogP contribution < -0.4 is 20.7 Å². The average molecular weight is 563 g/mol. The summed E-state index contributed by atoms with van der Waals surface area (Å²) in [7, 11) is -3.36. The maximum Gasteiger partial charge on any atom is 0.163 e. The summed E-state index contributed by atoms with van der Waals surface area (Å²) in [5.41, 5.74) is 9.34. The summed E-state index contributed by atoms with van der Waals surface area (Å²) < 4.78 is 15.2. The van der Waals surface area contributed by atoms with Gasteiger partial charge in [0, 0.05) is 35.8 Å². The lowest BCUT2D eigenvalue weighted by Gasteiger charge is -2.70. The summed E-state index contributed by atoms with van der Waals surface area (Å²) in [6, 6.07) is 17.8. The molecule has 5 nitrogen and oxygen atoms in total. The van der Waals surface area contributed by atoms with Gasteiger partial charge in [0.2, 0.25) is 0 Å². The van der Waals surface area contributed by atoms with Gasteiger partial charge in [-0.3, -0.25) is 4.72 Å². The molecule has 4 rings (SSSR count). The predicted molar refractivity (Wildman–Crippen MR) is 175 cm³/mol. The molecule has 216 valence electrons. The Morgan fingerprint density at radius 2 is 1.34 bits per heavy atom. The Hall–Kier alpha value is -1.80. The van der Waals surface area contributed by atoms with E-state index in [1.54, 1.807) is 0 Å². The smallest absolute Gasteiger partial charge is 0.163 e. The third kappa shape index (κ3) is 10.1. The van der Waals surface area contributed by atoms with E-state index >= 15 is 0 Å². The molecule has 1 atom stereocenters. The van der Waals surface area contributed by atoms with Crippen LogP contribution in [0.5, 0.6) is 0 Å². The van der Waals surface area contributed by atoms with Crippen LogP contribution in [-0.2, 0) is 0 Å². The van der Waals surface area contributed by atoms with Crippen LogP contribution in [-0.4, -0.2) is 53.6 Å². The molecule has 0 bridgehead atoms. The number of aryl methyl sites for hydroxylation is 2. The Labute approximate surface area is 237 Å². The fourth-order valence-electron chi connectivity index (χ4n) is 5.31. The van der Waals surface area contributed by atoms with Gasteiger partial charge in [0.1, 0.15) is 0 Å². The molecule has 2 aromatic carbocycles. The van der Waals surface area contributed by atoms with Crippen molar-refractivity contribution in [2.24, 2.45) is 5.73 Å². The Morgan fingerprint density at radius 3 is 1.87 bits per heavy atom. The SMILES string of the molecule is CC.Cc1ccc(N2CCCC(NC(N)=S)C2)cc1.Cc1ccc(S(C)(C)(C)(O)NC2CCCCC2)cc1.